The number of sulfonamides is 4. The van der Waals surface area contributed by atoms with Gasteiger partial charge in [0, 0.05) is 80.6 Å². The second-order valence-electron chi connectivity index (χ2n) is 27.3. The summed E-state index contributed by atoms with van der Waals surface area (Å²) >= 11 is 1.48. The Morgan fingerprint density at radius 2 is 0.730 bits per heavy atom. The number of nitrogens with two attached hydrogens (primary N) is 4. The topological polar surface area (TPSA) is 420 Å². The summed E-state index contributed by atoms with van der Waals surface area (Å²) in [7, 11) is -16.3. The number of hydrogen-bond acceptors (Lipinski definition) is 22. The third kappa shape index (κ3) is 30.2. The van der Waals surface area contributed by atoms with Crippen LogP contribution in [0.2, 0.25) is 0 Å². The van der Waals surface area contributed by atoms with Crippen LogP contribution in [0.3, 0.4) is 0 Å². The lowest BCUT2D eigenvalue weighted by molar-refractivity contribution is 0.102. The number of carbonyl (C=O) groups excluding carboxylic acids is 1. The zero-order chi connectivity index (χ0) is 87.5. The van der Waals surface area contributed by atoms with Gasteiger partial charge < -0.3 is 61.1 Å². The quantitative estimate of drug-likeness (QED) is 0.0126. The van der Waals surface area contributed by atoms with Gasteiger partial charge in [0.15, 0.2) is 28.2 Å². The molecule has 0 atom stereocenters. The van der Waals surface area contributed by atoms with Crippen molar-refractivity contribution in [3.05, 3.63) is 289 Å². The Balaban J connectivity index is 0.000000185. The number of aromatic amines is 1. The highest BCUT2D eigenvalue weighted by molar-refractivity contribution is 7.98. The summed E-state index contributed by atoms with van der Waals surface area (Å²) in [5, 5.41) is 44.8. The number of unbranched alkanes of at least 4 members (excludes halogenated alkanes) is 4. The van der Waals surface area contributed by atoms with Gasteiger partial charge in [-0.15, -0.1) is 0 Å². The molecule has 16 N–H and O–H groups in total. The second kappa shape index (κ2) is 46.6. The van der Waals surface area contributed by atoms with Crippen molar-refractivity contribution in [2.75, 3.05) is 63.4 Å². The number of para-hydroxylation sites is 4. The number of nitrogens with zero attached hydrogens (tertiary/aromatic N) is 2. The minimum atomic E-state index is -4.24. The number of carbonyl (C=O) groups is 1. The highest BCUT2D eigenvalue weighted by Gasteiger charge is 2.28. The Morgan fingerprint density at radius 1 is 0.385 bits per heavy atom. The van der Waals surface area contributed by atoms with Crippen LogP contribution < -0.4 is 76.7 Å². The van der Waals surface area contributed by atoms with E-state index in [9.17, 15) is 47.2 Å². The fraction of sp³-hybridized carbons (Fsp3) is 0.216. The first-order chi connectivity index (χ1) is 58.6. The smallest absolute Gasteiger partial charge is 0.255 e. The number of halogens is 2. The number of pyridine rings is 1. The van der Waals surface area contributed by atoms with E-state index >= 15 is 0 Å². The van der Waals surface area contributed by atoms with E-state index in [2.05, 4.69) is 72.9 Å². The predicted octanol–water partition coefficient (Wildman–Crippen LogP) is 18.5. The number of rotatable bonds is 39. The maximum absolute atomic E-state index is 13.1. The van der Waals surface area contributed by atoms with Gasteiger partial charge in [0.1, 0.15) is 60.0 Å². The van der Waals surface area contributed by atoms with Crippen molar-refractivity contribution in [2.45, 2.75) is 123 Å². The van der Waals surface area contributed by atoms with Crippen molar-refractivity contribution in [2.24, 2.45) is 20.6 Å². The van der Waals surface area contributed by atoms with Gasteiger partial charge in [-0.1, -0.05) is 144 Å². The first-order valence-electron chi connectivity index (χ1n) is 39.1. The van der Waals surface area contributed by atoms with E-state index in [0.29, 0.717) is 114 Å². The molecule has 0 aliphatic carbocycles. The van der Waals surface area contributed by atoms with Crippen LogP contribution in [0.15, 0.2) is 280 Å². The fourth-order valence-electron chi connectivity index (χ4n) is 11.5. The molecule has 0 aliphatic heterocycles. The van der Waals surface area contributed by atoms with Crippen LogP contribution in [0, 0.1) is 11.6 Å². The third-order valence-corrected chi connectivity index (χ3v) is 22.2. The average Bonchev–Trinajstić information content (AvgIpc) is 0.992. The molecule has 0 saturated heterocycles. The number of H-pyrrole nitrogens is 1. The lowest BCUT2D eigenvalue weighted by Crippen LogP contribution is -2.18. The van der Waals surface area contributed by atoms with Crippen molar-refractivity contribution < 1.29 is 66.2 Å². The van der Waals surface area contributed by atoms with Gasteiger partial charge in [0.05, 0.1) is 22.7 Å². The molecule has 0 aliphatic rings. The van der Waals surface area contributed by atoms with Crippen LogP contribution >= 0.6 is 11.8 Å². The summed E-state index contributed by atoms with van der Waals surface area (Å²) < 4.78 is 149. The molecule has 0 bridgehead atoms. The standard InChI is InChI=1S/C23H24FN3O4S.C23H26FN3O3S.C22H26N4O3S.C20H24N4O3S2/c1-2-3-13-26-20-14-16(23(28)27-18-11-9-17(24)10-12-18)15-21(32(25,29)30)22(20)31-19-7-5-4-6-8-19;1-2-3-13-26-21-14-17(16-27-19-11-9-18(24)10-12-19)15-22(31(25,28)29)23(21)30-20-7-5-4-6-8-20;1-2-3-12-24-19-14-17(16-26-21-11-7-8-13-25-21)15-20(30(23,27)28)22(19)29-18-9-5-4-6-10-18;1-2-3-9-22-17-12-15(14-28-20-23-10-11-24-20)13-18(29(21,25)26)19(17)27-16-7-5-4-6-8-16/h4-12,14-15,26H,2-3,13H2,1H3,(H,27,28)(H2,25,29,30);4-12,14-15,26-27H,2-3,13,16H2,1H3,(H2,25,28,29);4-11,13-15,24H,2-3,12,16H2,1H3,(H,25,26)(H2,23,27,28);4-8,10-13,22H,2-3,9,14H2,1H3,(H,23,24)(H2,21,25,26). The van der Waals surface area contributed by atoms with Crippen LogP contribution in [0.5, 0.6) is 46.0 Å². The molecule has 0 spiro atoms. The van der Waals surface area contributed by atoms with E-state index in [4.69, 9.17) is 39.5 Å². The fourth-order valence-corrected chi connectivity index (χ4v) is 15.1. The molecular formula is C88H100F2N14O13S5. The first-order valence-corrected chi connectivity index (χ1v) is 46.3. The molecule has 10 aromatic carbocycles. The molecule has 0 unspecified atom stereocenters. The Hall–Kier alpha value is -12.1. The first kappa shape index (κ1) is 93.7. The van der Waals surface area contributed by atoms with Gasteiger partial charge in [-0.2, -0.15) is 0 Å². The molecule has 0 saturated carbocycles. The summed E-state index contributed by atoms with van der Waals surface area (Å²) in [4.78, 5) is 23.7. The zero-order valence-electron chi connectivity index (χ0n) is 67.7. The largest absolute Gasteiger partial charge is 0.454 e. The van der Waals surface area contributed by atoms with Gasteiger partial charge in [-0.25, -0.2) is 73.0 Å². The Labute approximate surface area is 715 Å². The number of amides is 1. The maximum Gasteiger partial charge on any atom is 0.255 e. The van der Waals surface area contributed by atoms with Crippen LogP contribution in [-0.2, 0) is 58.9 Å². The lowest BCUT2D eigenvalue weighted by Gasteiger charge is -2.18. The van der Waals surface area contributed by atoms with E-state index in [1.165, 1.54) is 66.4 Å². The maximum atomic E-state index is 13.1. The molecule has 122 heavy (non-hydrogen) atoms. The Bertz CT molecular complexity index is 5800. The number of imidazole rings is 1. The van der Waals surface area contributed by atoms with Crippen molar-refractivity contribution in [3.63, 3.8) is 0 Å². The molecule has 1 amide bonds. The van der Waals surface area contributed by atoms with Gasteiger partial charge in [-0.3, -0.25) is 4.79 Å². The monoisotopic (exact) mass is 1760 g/mol. The van der Waals surface area contributed by atoms with E-state index in [0.717, 1.165) is 73.7 Å². The summed E-state index contributed by atoms with van der Waals surface area (Å²) in [6.45, 7) is 11.5. The highest BCUT2D eigenvalue weighted by atomic mass is 32.2. The molecule has 2 heterocycles. The lowest BCUT2D eigenvalue weighted by atomic mass is 10.1. The molecule has 644 valence electrons. The number of benzene rings is 10. The molecule has 0 radical (unpaired) electrons. The number of aromatic nitrogens is 3. The number of thioether (sulfide) groups is 1. The molecule has 0 fully saturated rings. The summed E-state index contributed by atoms with van der Waals surface area (Å²) in [5.74, 6) is 2.44. The van der Waals surface area contributed by atoms with Crippen molar-refractivity contribution in [3.8, 4) is 46.0 Å². The molecule has 12 aromatic rings. The van der Waals surface area contributed by atoms with Crippen molar-refractivity contribution >= 4 is 97.7 Å². The van der Waals surface area contributed by atoms with Crippen LogP contribution in [0.25, 0.3) is 0 Å². The molecule has 12 rings (SSSR count). The van der Waals surface area contributed by atoms with E-state index < -0.39 is 51.8 Å². The van der Waals surface area contributed by atoms with E-state index in [-0.39, 0.29) is 54.0 Å². The number of primary sulfonamides is 4. The van der Waals surface area contributed by atoms with Gasteiger partial charge in [0.2, 0.25) is 40.1 Å². The number of ether oxygens (including phenoxy) is 4. The molecular weight excluding hydrogens is 1660 g/mol. The number of hydrogen-bond donors (Lipinski definition) is 12. The van der Waals surface area contributed by atoms with Gasteiger partial charge in [-0.05, 0) is 200 Å². The molecule has 34 heteroatoms. The molecule has 27 nitrogen and oxygen atoms in total. The highest BCUT2D eigenvalue weighted by Crippen LogP contribution is 2.43. The predicted molar refractivity (Wildman–Crippen MR) is 479 cm³/mol. The minimum Gasteiger partial charge on any atom is -0.454 e. The summed E-state index contributed by atoms with van der Waals surface area (Å²) in [5.41, 5.74) is 5.39. The average molecular weight is 1760 g/mol. The third-order valence-electron chi connectivity index (χ3n) is 17.6. The SMILES string of the molecule is CCCCNc1cc(C(=O)Nc2ccc(F)cc2)cc(S(N)(=O)=O)c1Oc1ccccc1.CCCCNc1cc(CNc2ccc(F)cc2)cc(S(N)(=O)=O)c1Oc1ccccc1.CCCCNc1cc(CNc2ccccn2)cc(S(N)(=O)=O)c1Oc1ccccc1.CCCCNc1cc(CSc2ncc[nH]2)cc(S(N)(=O)=O)c1Oc1ccccc1. The van der Waals surface area contributed by atoms with Crippen molar-refractivity contribution in [1.82, 2.24) is 15.0 Å². The van der Waals surface area contributed by atoms with Gasteiger partial charge >= 0.3 is 0 Å². The van der Waals surface area contributed by atoms with Crippen LogP contribution in [0.4, 0.5) is 48.7 Å². The van der Waals surface area contributed by atoms with Gasteiger partial charge in [0.25, 0.3) is 5.91 Å². The normalized spacial score (nSPS) is 11.2. The number of nitrogens with one attached hydrogen (secondary N) is 8. The number of anilines is 7. The summed E-state index contributed by atoms with van der Waals surface area (Å²) in [6, 6.07) is 65.2. The van der Waals surface area contributed by atoms with E-state index in [1.807, 2.05) is 85.8 Å². The zero-order valence-corrected chi connectivity index (χ0v) is 71.7. The minimum absolute atomic E-state index is 0.00753. The van der Waals surface area contributed by atoms with Crippen LogP contribution in [0.1, 0.15) is 106 Å². The van der Waals surface area contributed by atoms with Crippen LogP contribution in [-0.4, -0.2) is 80.7 Å². The Morgan fingerprint density at radius 3 is 1.08 bits per heavy atom. The van der Waals surface area contributed by atoms with Crippen molar-refractivity contribution in [1.29, 1.82) is 0 Å². The molecule has 2 aromatic heterocycles. The second-order valence-corrected chi connectivity index (χ2v) is 34.4. The van der Waals surface area contributed by atoms with E-state index in [1.54, 1.807) is 116 Å². The Kier molecular flexibility index (Phi) is 35.8. The summed E-state index contributed by atoms with van der Waals surface area (Å²) in [6.07, 6.45) is 12.6.